The molecule has 1 aliphatic rings. The number of ether oxygens (including phenoxy) is 2. The number of amides is 3. The average Bonchev–Trinajstić information content (AvgIpc) is 2.74. The van der Waals surface area contributed by atoms with E-state index in [0.717, 1.165) is 0 Å². The number of aliphatic carboxylic acids is 1. The van der Waals surface area contributed by atoms with Gasteiger partial charge < -0.3 is 19.9 Å². The van der Waals surface area contributed by atoms with Gasteiger partial charge in [0.05, 0.1) is 11.6 Å². The molecule has 116 valence electrons. The Kier molecular flexibility index (Phi) is 4.66. The number of halogens is 1. The van der Waals surface area contributed by atoms with Gasteiger partial charge >= 0.3 is 12.0 Å². The standard InChI is InChI=1S/C13H11BrN2O6/c1-21-9-4-6(3-8-12(19)16-13(20)15-8)2-7(14)11(9)22-5-10(17)18/h2-4H,5H2,1H3,(H,17,18)(H2,15,16,19,20)/b8-3-. The molecule has 3 N–H and O–H groups in total. The molecule has 9 heteroatoms. The van der Waals surface area contributed by atoms with Gasteiger partial charge in [0, 0.05) is 0 Å². The van der Waals surface area contributed by atoms with E-state index in [2.05, 4.69) is 26.6 Å². The molecular formula is C13H11BrN2O6. The topological polar surface area (TPSA) is 114 Å². The van der Waals surface area contributed by atoms with Crippen LogP contribution < -0.4 is 20.1 Å². The second kappa shape index (κ2) is 6.48. The van der Waals surface area contributed by atoms with Gasteiger partial charge in [-0.3, -0.25) is 10.1 Å². The van der Waals surface area contributed by atoms with Gasteiger partial charge in [-0.05, 0) is 39.7 Å². The first-order valence-corrected chi connectivity index (χ1v) is 6.76. The lowest BCUT2D eigenvalue weighted by atomic mass is 10.1. The lowest BCUT2D eigenvalue weighted by Crippen LogP contribution is -2.22. The van der Waals surface area contributed by atoms with Gasteiger partial charge in [0.1, 0.15) is 5.70 Å². The Morgan fingerprint density at radius 1 is 1.36 bits per heavy atom. The number of carbonyl (C=O) groups excluding carboxylic acids is 2. The number of methoxy groups -OCH3 is 1. The van der Waals surface area contributed by atoms with Crippen molar-refractivity contribution in [3.63, 3.8) is 0 Å². The molecule has 0 saturated carbocycles. The molecule has 0 radical (unpaired) electrons. The summed E-state index contributed by atoms with van der Waals surface area (Å²) in [4.78, 5) is 33.1. The van der Waals surface area contributed by atoms with E-state index < -0.39 is 24.5 Å². The number of benzene rings is 1. The number of rotatable bonds is 5. The van der Waals surface area contributed by atoms with Crippen LogP contribution in [0.15, 0.2) is 22.3 Å². The number of carboxylic acids is 1. The number of hydrogen-bond donors (Lipinski definition) is 3. The van der Waals surface area contributed by atoms with Gasteiger partial charge in [0.2, 0.25) is 0 Å². The molecule has 0 bridgehead atoms. The third-order valence-electron chi connectivity index (χ3n) is 2.62. The van der Waals surface area contributed by atoms with Gasteiger partial charge in [0.15, 0.2) is 18.1 Å². The molecule has 1 aliphatic heterocycles. The summed E-state index contributed by atoms with van der Waals surface area (Å²) in [6, 6.07) is 2.56. The fourth-order valence-corrected chi connectivity index (χ4v) is 2.32. The maximum absolute atomic E-state index is 11.5. The van der Waals surface area contributed by atoms with Crippen LogP contribution >= 0.6 is 15.9 Å². The molecule has 0 aromatic heterocycles. The largest absolute Gasteiger partial charge is 0.493 e. The van der Waals surface area contributed by atoms with Crippen LogP contribution in [0, 0.1) is 0 Å². The first-order valence-electron chi connectivity index (χ1n) is 5.97. The smallest absolute Gasteiger partial charge is 0.341 e. The number of hydrogen-bond acceptors (Lipinski definition) is 5. The van der Waals surface area contributed by atoms with Crippen molar-refractivity contribution in [2.75, 3.05) is 13.7 Å². The van der Waals surface area contributed by atoms with Crippen molar-refractivity contribution in [1.82, 2.24) is 10.6 Å². The highest BCUT2D eigenvalue weighted by Gasteiger charge is 2.23. The van der Waals surface area contributed by atoms with Crippen LogP contribution in [-0.2, 0) is 9.59 Å². The summed E-state index contributed by atoms with van der Waals surface area (Å²) in [6.07, 6.45) is 1.45. The Bertz CT molecular complexity index is 685. The molecule has 8 nitrogen and oxygen atoms in total. The monoisotopic (exact) mass is 370 g/mol. The first kappa shape index (κ1) is 15.8. The summed E-state index contributed by atoms with van der Waals surface area (Å²) in [7, 11) is 1.40. The second-order valence-corrected chi connectivity index (χ2v) is 5.04. The summed E-state index contributed by atoms with van der Waals surface area (Å²) in [5.41, 5.74) is 0.650. The first-order chi connectivity index (χ1) is 10.4. The summed E-state index contributed by atoms with van der Waals surface area (Å²) >= 11 is 3.25. The van der Waals surface area contributed by atoms with Crippen molar-refractivity contribution in [2.45, 2.75) is 0 Å². The van der Waals surface area contributed by atoms with Crippen molar-refractivity contribution in [2.24, 2.45) is 0 Å². The zero-order valence-corrected chi connectivity index (χ0v) is 12.9. The minimum atomic E-state index is -1.12. The summed E-state index contributed by atoms with van der Waals surface area (Å²) in [6.45, 7) is -0.520. The van der Waals surface area contributed by atoms with Crippen LogP contribution in [0.4, 0.5) is 4.79 Å². The number of nitrogens with one attached hydrogen (secondary N) is 2. The normalized spacial score (nSPS) is 15.5. The lowest BCUT2D eigenvalue weighted by molar-refractivity contribution is -0.139. The number of urea groups is 1. The Hall–Kier alpha value is -2.55. The van der Waals surface area contributed by atoms with Gasteiger partial charge in [-0.25, -0.2) is 9.59 Å². The summed E-state index contributed by atoms with van der Waals surface area (Å²) in [5, 5.41) is 13.1. The van der Waals surface area contributed by atoms with Crippen LogP contribution in [0.3, 0.4) is 0 Å². The minimum absolute atomic E-state index is 0.0955. The molecule has 0 unspecified atom stereocenters. The van der Waals surface area contributed by atoms with Crippen molar-refractivity contribution >= 4 is 39.9 Å². The van der Waals surface area contributed by atoms with Crippen molar-refractivity contribution < 1.29 is 29.0 Å². The minimum Gasteiger partial charge on any atom is -0.493 e. The molecule has 22 heavy (non-hydrogen) atoms. The molecule has 0 aliphatic carbocycles. The molecular weight excluding hydrogens is 360 g/mol. The summed E-state index contributed by atoms with van der Waals surface area (Å²) < 4.78 is 10.7. The zero-order valence-electron chi connectivity index (χ0n) is 11.3. The Morgan fingerprint density at radius 2 is 2.09 bits per heavy atom. The van der Waals surface area contributed by atoms with Gasteiger partial charge in [-0.2, -0.15) is 0 Å². The molecule has 1 aromatic carbocycles. The maximum Gasteiger partial charge on any atom is 0.341 e. The Morgan fingerprint density at radius 3 is 2.64 bits per heavy atom. The molecule has 1 saturated heterocycles. The van der Waals surface area contributed by atoms with Crippen LogP contribution in [0.1, 0.15) is 5.56 Å². The van der Waals surface area contributed by atoms with Gasteiger partial charge in [-0.15, -0.1) is 0 Å². The highest BCUT2D eigenvalue weighted by molar-refractivity contribution is 9.10. The molecule has 1 heterocycles. The van der Waals surface area contributed by atoms with Crippen molar-refractivity contribution in [3.05, 3.63) is 27.9 Å². The van der Waals surface area contributed by atoms with E-state index in [9.17, 15) is 14.4 Å². The molecule has 1 aromatic rings. The van der Waals surface area contributed by atoms with Crippen LogP contribution in [0.2, 0.25) is 0 Å². The number of carboxylic acid groups (broad SMARTS) is 1. The molecule has 1 fully saturated rings. The highest BCUT2D eigenvalue weighted by atomic mass is 79.9. The predicted octanol–water partition coefficient (Wildman–Crippen LogP) is 1.10. The zero-order chi connectivity index (χ0) is 16.3. The highest BCUT2D eigenvalue weighted by Crippen LogP contribution is 2.37. The van der Waals surface area contributed by atoms with Gasteiger partial charge in [0.25, 0.3) is 5.91 Å². The van der Waals surface area contributed by atoms with E-state index in [4.69, 9.17) is 14.6 Å². The Balaban J connectivity index is 2.33. The fourth-order valence-electron chi connectivity index (χ4n) is 1.75. The molecule has 0 atom stereocenters. The van der Waals surface area contributed by atoms with Crippen molar-refractivity contribution in [1.29, 1.82) is 0 Å². The van der Waals surface area contributed by atoms with Crippen LogP contribution in [-0.4, -0.2) is 36.7 Å². The van der Waals surface area contributed by atoms with E-state index in [-0.39, 0.29) is 17.2 Å². The third kappa shape index (κ3) is 3.55. The predicted molar refractivity (Wildman–Crippen MR) is 78.5 cm³/mol. The van der Waals surface area contributed by atoms with Crippen LogP contribution in [0.5, 0.6) is 11.5 Å². The number of carbonyl (C=O) groups is 3. The van der Waals surface area contributed by atoms with E-state index in [1.54, 1.807) is 12.1 Å². The Labute approximate surface area is 133 Å². The average molecular weight is 371 g/mol. The maximum atomic E-state index is 11.5. The van der Waals surface area contributed by atoms with E-state index in [0.29, 0.717) is 10.0 Å². The molecule has 2 rings (SSSR count). The number of imide groups is 1. The summed E-state index contributed by atoms with van der Waals surface area (Å²) in [5.74, 6) is -1.14. The quantitative estimate of drug-likeness (QED) is 0.528. The third-order valence-corrected chi connectivity index (χ3v) is 3.21. The van der Waals surface area contributed by atoms with Crippen molar-refractivity contribution in [3.8, 4) is 11.5 Å². The second-order valence-electron chi connectivity index (χ2n) is 4.18. The van der Waals surface area contributed by atoms with E-state index >= 15 is 0 Å². The van der Waals surface area contributed by atoms with E-state index in [1.165, 1.54) is 13.2 Å². The molecule has 3 amide bonds. The SMILES string of the molecule is COc1cc(/C=C2\NC(=O)NC2=O)cc(Br)c1OCC(=O)O. The van der Waals surface area contributed by atoms with Crippen LogP contribution in [0.25, 0.3) is 6.08 Å². The lowest BCUT2D eigenvalue weighted by Gasteiger charge is -2.12. The molecule has 0 spiro atoms. The van der Waals surface area contributed by atoms with Gasteiger partial charge in [-0.1, -0.05) is 0 Å². The fraction of sp³-hybridized carbons (Fsp3) is 0.154. The van der Waals surface area contributed by atoms with E-state index in [1.807, 2.05) is 0 Å².